The standard InChI is InChI=1S/C20H21N7O3S2/c21-32(29,30)14-3-1-2-13(10-14)24-20-23-11-12-4-5-15-17(16(12)26-20)25-18(31-15)19(28)27-8-6-22-7-9-27/h1-3,10-11,22H,4-9H2,(H2,21,29,30)(H,23,24,26). The summed E-state index contributed by atoms with van der Waals surface area (Å²) in [7, 11) is -3.82. The normalized spacial score (nSPS) is 15.7. The number of aryl methyl sites for hydroxylation is 2. The first-order valence-electron chi connectivity index (χ1n) is 10.1. The van der Waals surface area contributed by atoms with Gasteiger partial charge in [-0.3, -0.25) is 4.79 Å². The van der Waals surface area contributed by atoms with Crippen LogP contribution in [-0.4, -0.2) is 60.4 Å². The summed E-state index contributed by atoms with van der Waals surface area (Å²) in [6.07, 6.45) is 3.31. The van der Waals surface area contributed by atoms with Crippen LogP contribution < -0.4 is 15.8 Å². The highest BCUT2D eigenvalue weighted by molar-refractivity contribution is 7.89. The van der Waals surface area contributed by atoms with E-state index in [1.165, 1.54) is 23.5 Å². The molecule has 0 atom stereocenters. The Morgan fingerprint density at radius 3 is 2.75 bits per heavy atom. The number of nitrogens with zero attached hydrogens (tertiary/aromatic N) is 4. The van der Waals surface area contributed by atoms with E-state index in [2.05, 4.69) is 25.6 Å². The van der Waals surface area contributed by atoms with Crippen LogP contribution in [0.4, 0.5) is 11.6 Å². The third-order valence-corrected chi connectivity index (χ3v) is 7.43. The van der Waals surface area contributed by atoms with Crippen molar-refractivity contribution < 1.29 is 13.2 Å². The monoisotopic (exact) mass is 471 g/mol. The summed E-state index contributed by atoms with van der Waals surface area (Å²) in [6.45, 7) is 2.92. The molecule has 1 aromatic carbocycles. The number of nitrogens with one attached hydrogen (secondary N) is 2. The van der Waals surface area contributed by atoms with E-state index in [1.54, 1.807) is 18.3 Å². The number of nitrogens with two attached hydrogens (primary N) is 1. The molecule has 1 aliphatic carbocycles. The van der Waals surface area contributed by atoms with Gasteiger partial charge in [-0.2, -0.15) is 0 Å². The van der Waals surface area contributed by atoms with Gasteiger partial charge in [0, 0.05) is 42.9 Å². The molecule has 1 aliphatic heterocycles. The lowest BCUT2D eigenvalue weighted by Gasteiger charge is -2.26. The Labute approximate surface area is 189 Å². The number of benzene rings is 1. The topological polar surface area (TPSA) is 143 Å². The zero-order chi connectivity index (χ0) is 22.3. The molecule has 0 bridgehead atoms. The van der Waals surface area contributed by atoms with Gasteiger partial charge in [-0.25, -0.2) is 28.5 Å². The number of carbonyl (C=O) groups excluding carboxylic acids is 1. The second-order valence-electron chi connectivity index (χ2n) is 7.60. The summed E-state index contributed by atoms with van der Waals surface area (Å²) in [5, 5.41) is 12.0. The third kappa shape index (κ3) is 4.09. The maximum absolute atomic E-state index is 12.9. The van der Waals surface area contributed by atoms with Crippen molar-refractivity contribution >= 4 is 38.9 Å². The van der Waals surface area contributed by atoms with Crippen molar-refractivity contribution in [1.29, 1.82) is 0 Å². The highest BCUT2D eigenvalue weighted by atomic mass is 32.2. The molecule has 10 nitrogen and oxygen atoms in total. The average Bonchev–Trinajstić information content (AvgIpc) is 3.24. The van der Waals surface area contributed by atoms with Crippen LogP contribution in [0.15, 0.2) is 35.4 Å². The lowest BCUT2D eigenvalue weighted by molar-refractivity contribution is 0.0735. The molecule has 0 saturated carbocycles. The number of amides is 1. The molecular weight excluding hydrogens is 450 g/mol. The second-order valence-corrected chi connectivity index (χ2v) is 10.2. The molecule has 2 aliphatic rings. The van der Waals surface area contributed by atoms with E-state index in [9.17, 15) is 13.2 Å². The highest BCUT2D eigenvalue weighted by Gasteiger charge is 2.28. The van der Waals surface area contributed by atoms with E-state index >= 15 is 0 Å². The number of anilines is 2. The van der Waals surface area contributed by atoms with Crippen LogP contribution in [-0.2, 0) is 22.9 Å². The van der Waals surface area contributed by atoms with Crippen LogP contribution in [0, 0.1) is 0 Å². The van der Waals surface area contributed by atoms with Crippen molar-refractivity contribution in [2.24, 2.45) is 5.14 Å². The molecule has 4 N–H and O–H groups in total. The molecule has 0 unspecified atom stereocenters. The fraction of sp³-hybridized carbons (Fsp3) is 0.300. The molecule has 3 aromatic rings. The maximum atomic E-state index is 12.9. The van der Waals surface area contributed by atoms with E-state index in [4.69, 9.17) is 5.14 Å². The van der Waals surface area contributed by atoms with Gasteiger partial charge in [0.2, 0.25) is 16.0 Å². The molecule has 0 spiro atoms. The molecule has 1 fully saturated rings. The minimum atomic E-state index is -3.82. The van der Waals surface area contributed by atoms with Crippen LogP contribution >= 0.6 is 11.3 Å². The van der Waals surface area contributed by atoms with Crippen molar-refractivity contribution in [3.63, 3.8) is 0 Å². The summed E-state index contributed by atoms with van der Waals surface area (Å²) in [5.41, 5.74) is 2.88. The molecule has 3 heterocycles. The van der Waals surface area contributed by atoms with Gasteiger partial charge in [0.15, 0.2) is 5.01 Å². The molecule has 12 heteroatoms. The van der Waals surface area contributed by atoms with E-state index in [0.29, 0.717) is 35.4 Å². The molecule has 0 radical (unpaired) electrons. The first-order valence-corrected chi connectivity index (χ1v) is 12.5. The van der Waals surface area contributed by atoms with Crippen molar-refractivity contribution in [1.82, 2.24) is 25.2 Å². The Kier molecular flexibility index (Phi) is 5.37. The van der Waals surface area contributed by atoms with Crippen molar-refractivity contribution in [3.05, 3.63) is 45.9 Å². The van der Waals surface area contributed by atoms with Crippen LogP contribution in [0.5, 0.6) is 0 Å². The molecule has 5 rings (SSSR count). The fourth-order valence-corrected chi connectivity index (χ4v) is 5.37. The van der Waals surface area contributed by atoms with Crippen LogP contribution in [0.25, 0.3) is 11.4 Å². The molecule has 1 amide bonds. The summed E-state index contributed by atoms with van der Waals surface area (Å²) in [6, 6.07) is 6.15. The van der Waals surface area contributed by atoms with Gasteiger partial charge >= 0.3 is 0 Å². The number of aromatic nitrogens is 3. The van der Waals surface area contributed by atoms with Crippen LogP contribution in [0.2, 0.25) is 0 Å². The second kappa shape index (κ2) is 8.20. The van der Waals surface area contributed by atoms with Crippen molar-refractivity contribution in [2.75, 3.05) is 31.5 Å². The minimum absolute atomic E-state index is 0.00156. The van der Waals surface area contributed by atoms with Gasteiger partial charge in [-0.15, -0.1) is 11.3 Å². The molecule has 166 valence electrons. The Balaban J connectivity index is 1.44. The summed E-state index contributed by atoms with van der Waals surface area (Å²) < 4.78 is 23.2. The number of rotatable bonds is 4. The fourth-order valence-electron chi connectivity index (χ4n) is 3.78. The number of sulfonamides is 1. The SMILES string of the molecule is NS(=O)(=O)c1cccc(Nc2ncc3c(n2)-c2nc(C(=O)N4CCNCC4)sc2CC3)c1. The highest BCUT2D eigenvalue weighted by Crippen LogP contribution is 2.36. The zero-order valence-electron chi connectivity index (χ0n) is 17.0. The minimum Gasteiger partial charge on any atom is -0.334 e. The number of hydrogen-bond acceptors (Lipinski definition) is 9. The first kappa shape index (κ1) is 20.9. The number of fused-ring (bicyclic) bond motifs is 3. The Bertz CT molecular complexity index is 1300. The van der Waals surface area contributed by atoms with E-state index in [-0.39, 0.29) is 10.8 Å². The van der Waals surface area contributed by atoms with E-state index < -0.39 is 10.0 Å². The third-order valence-electron chi connectivity index (χ3n) is 5.41. The first-order chi connectivity index (χ1) is 15.4. The summed E-state index contributed by atoms with van der Waals surface area (Å²) >= 11 is 1.43. The van der Waals surface area contributed by atoms with Gasteiger partial charge < -0.3 is 15.5 Å². The zero-order valence-corrected chi connectivity index (χ0v) is 18.7. The van der Waals surface area contributed by atoms with Gasteiger partial charge in [-0.1, -0.05) is 6.07 Å². The lowest BCUT2D eigenvalue weighted by atomic mass is 10.00. The van der Waals surface area contributed by atoms with E-state index in [1.807, 2.05) is 4.90 Å². The number of carbonyl (C=O) groups is 1. The maximum Gasteiger partial charge on any atom is 0.282 e. The molecule has 2 aromatic heterocycles. The van der Waals surface area contributed by atoms with Crippen LogP contribution in [0.3, 0.4) is 0 Å². The Morgan fingerprint density at radius 2 is 1.97 bits per heavy atom. The summed E-state index contributed by atoms with van der Waals surface area (Å²) in [5.74, 6) is 0.269. The van der Waals surface area contributed by atoms with Gasteiger partial charge in [0.25, 0.3) is 5.91 Å². The Morgan fingerprint density at radius 1 is 1.16 bits per heavy atom. The van der Waals surface area contributed by atoms with E-state index in [0.717, 1.165) is 42.1 Å². The average molecular weight is 472 g/mol. The predicted octanol–water partition coefficient (Wildman–Crippen LogP) is 1.14. The quantitative estimate of drug-likeness (QED) is 0.514. The smallest absolute Gasteiger partial charge is 0.282 e. The Hall–Kier alpha value is -2.93. The largest absolute Gasteiger partial charge is 0.334 e. The predicted molar refractivity (Wildman–Crippen MR) is 120 cm³/mol. The van der Waals surface area contributed by atoms with Gasteiger partial charge in [0.05, 0.1) is 10.6 Å². The van der Waals surface area contributed by atoms with Gasteiger partial charge in [0.1, 0.15) is 5.69 Å². The van der Waals surface area contributed by atoms with Crippen LogP contribution in [0.1, 0.15) is 20.2 Å². The number of thiazole rings is 1. The summed E-state index contributed by atoms with van der Waals surface area (Å²) in [4.78, 5) is 29.4. The molecule has 1 saturated heterocycles. The number of primary sulfonamides is 1. The van der Waals surface area contributed by atoms with Crippen molar-refractivity contribution in [2.45, 2.75) is 17.7 Å². The van der Waals surface area contributed by atoms with Crippen molar-refractivity contribution in [3.8, 4) is 11.4 Å². The number of piperazine rings is 1. The lowest BCUT2D eigenvalue weighted by Crippen LogP contribution is -2.46. The molecule has 32 heavy (non-hydrogen) atoms. The van der Waals surface area contributed by atoms with Gasteiger partial charge in [-0.05, 0) is 36.6 Å². The molecular formula is C20H21N7O3S2. The number of hydrogen-bond donors (Lipinski definition) is 3.